The number of hydrogen-bond donors (Lipinski definition) is 1. The first kappa shape index (κ1) is 13.5. The van der Waals surface area contributed by atoms with Crippen LogP contribution in [0.15, 0.2) is 24.7 Å². The third-order valence-corrected chi connectivity index (χ3v) is 2.55. The molecule has 0 saturated carbocycles. The molecule has 100 valence electrons. The topological polar surface area (TPSA) is 63.6 Å². The molecule has 5 heteroatoms. The fourth-order valence-corrected chi connectivity index (χ4v) is 1.60. The fraction of sp³-hybridized carbons (Fsp3) is 0.429. The maximum atomic E-state index is 4.47. The van der Waals surface area contributed by atoms with E-state index in [1.165, 1.54) is 0 Å². The van der Waals surface area contributed by atoms with Crippen molar-refractivity contribution in [1.82, 2.24) is 25.3 Å². The minimum absolute atomic E-state index is 0.566. The van der Waals surface area contributed by atoms with Gasteiger partial charge < -0.3 is 5.32 Å². The summed E-state index contributed by atoms with van der Waals surface area (Å²) < 4.78 is 0. The summed E-state index contributed by atoms with van der Waals surface area (Å²) in [6.07, 6.45) is 5.29. The number of rotatable bonds is 5. The van der Waals surface area contributed by atoms with E-state index in [0.717, 1.165) is 24.3 Å². The van der Waals surface area contributed by atoms with E-state index < -0.39 is 0 Å². The summed E-state index contributed by atoms with van der Waals surface area (Å²) >= 11 is 0. The largest absolute Gasteiger partial charge is 0.311 e. The molecule has 0 aliphatic carbocycles. The average Bonchev–Trinajstić information content (AvgIpc) is 2.39. The second kappa shape index (κ2) is 6.33. The molecule has 1 N–H and O–H groups in total. The number of aromatic nitrogens is 4. The van der Waals surface area contributed by atoms with Gasteiger partial charge >= 0.3 is 0 Å². The van der Waals surface area contributed by atoms with E-state index in [1.54, 1.807) is 18.6 Å². The second-order valence-electron chi connectivity index (χ2n) is 4.98. The standard InChI is InChI=1S/C14H19N5/c1-10(2)6-15-9-12-4-5-16-14(19-12)13-17-7-11(3)8-18-13/h4-5,7-8,10,15H,6,9H2,1-3H3. The molecule has 0 unspecified atom stereocenters. The molecule has 0 radical (unpaired) electrons. The van der Waals surface area contributed by atoms with Crippen molar-refractivity contribution < 1.29 is 0 Å². The van der Waals surface area contributed by atoms with Crippen LogP contribution in [-0.2, 0) is 6.54 Å². The molecule has 0 aliphatic heterocycles. The Morgan fingerprint density at radius 2 is 1.84 bits per heavy atom. The minimum Gasteiger partial charge on any atom is -0.311 e. The van der Waals surface area contributed by atoms with Gasteiger partial charge in [0.1, 0.15) is 0 Å². The predicted octanol–water partition coefficient (Wildman–Crippen LogP) is 1.99. The van der Waals surface area contributed by atoms with Crippen molar-refractivity contribution in [2.24, 2.45) is 5.92 Å². The lowest BCUT2D eigenvalue weighted by Gasteiger charge is -2.07. The second-order valence-corrected chi connectivity index (χ2v) is 4.98. The van der Waals surface area contributed by atoms with E-state index in [1.807, 2.05) is 13.0 Å². The SMILES string of the molecule is Cc1cnc(-c2nccc(CNCC(C)C)n2)nc1. The van der Waals surface area contributed by atoms with Crippen molar-refractivity contribution in [2.75, 3.05) is 6.54 Å². The summed E-state index contributed by atoms with van der Waals surface area (Å²) in [5, 5.41) is 3.36. The van der Waals surface area contributed by atoms with Gasteiger partial charge in [-0.2, -0.15) is 0 Å². The van der Waals surface area contributed by atoms with Gasteiger partial charge in [-0.3, -0.25) is 0 Å². The summed E-state index contributed by atoms with van der Waals surface area (Å²) in [6, 6.07) is 1.91. The average molecular weight is 257 g/mol. The monoisotopic (exact) mass is 257 g/mol. The van der Waals surface area contributed by atoms with Crippen molar-refractivity contribution >= 4 is 0 Å². The Hall–Kier alpha value is -1.88. The van der Waals surface area contributed by atoms with Gasteiger partial charge in [-0.25, -0.2) is 19.9 Å². The number of aryl methyl sites for hydroxylation is 1. The zero-order valence-electron chi connectivity index (χ0n) is 11.6. The van der Waals surface area contributed by atoms with Gasteiger partial charge in [-0.15, -0.1) is 0 Å². The van der Waals surface area contributed by atoms with Crippen LogP contribution in [0.4, 0.5) is 0 Å². The van der Waals surface area contributed by atoms with E-state index in [2.05, 4.69) is 39.1 Å². The van der Waals surface area contributed by atoms with Crippen LogP contribution in [0.5, 0.6) is 0 Å². The van der Waals surface area contributed by atoms with Gasteiger partial charge in [-0.05, 0) is 31.0 Å². The molecule has 2 rings (SSSR count). The minimum atomic E-state index is 0.566. The van der Waals surface area contributed by atoms with Crippen molar-refractivity contribution in [3.8, 4) is 11.6 Å². The Morgan fingerprint density at radius 1 is 1.11 bits per heavy atom. The van der Waals surface area contributed by atoms with Gasteiger partial charge in [0.25, 0.3) is 0 Å². The van der Waals surface area contributed by atoms with Crippen LogP contribution in [0.25, 0.3) is 11.6 Å². The van der Waals surface area contributed by atoms with Crippen LogP contribution in [0.1, 0.15) is 25.1 Å². The zero-order valence-corrected chi connectivity index (χ0v) is 11.6. The van der Waals surface area contributed by atoms with Crippen molar-refractivity contribution in [3.63, 3.8) is 0 Å². The summed E-state index contributed by atoms with van der Waals surface area (Å²) in [5.41, 5.74) is 1.98. The lowest BCUT2D eigenvalue weighted by molar-refractivity contribution is 0.548. The normalized spacial score (nSPS) is 10.9. The Morgan fingerprint density at radius 3 is 2.53 bits per heavy atom. The molecule has 0 saturated heterocycles. The molecule has 0 aliphatic rings. The highest BCUT2D eigenvalue weighted by Crippen LogP contribution is 2.08. The molecule has 5 nitrogen and oxygen atoms in total. The quantitative estimate of drug-likeness (QED) is 0.887. The third-order valence-electron chi connectivity index (χ3n) is 2.55. The molecule has 2 aromatic heterocycles. The van der Waals surface area contributed by atoms with Gasteiger partial charge in [-0.1, -0.05) is 13.8 Å². The summed E-state index contributed by atoms with van der Waals surface area (Å²) in [4.78, 5) is 17.2. The van der Waals surface area contributed by atoms with E-state index >= 15 is 0 Å². The van der Waals surface area contributed by atoms with Crippen LogP contribution in [0, 0.1) is 12.8 Å². The Bertz CT molecular complexity index is 522. The van der Waals surface area contributed by atoms with Gasteiger partial charge in [0.05, 0.1) is 5.69 Å². The van der Waals surface area contributed by atoms with Crippen LogP contribution in [0.2, 0.25) is 0 Å². The van der Waals surface area contributed by atoms with Crippen molar-refractivity contribution in [3.05, 3.63) is 35.9 Å². The predicted molar refractivity (Wildman–Crippen MR) is 74.3 cm³/mol. The van der Waals surface area contributed by atoms with E-state index in [4.69, 9.17) is 0 Å². The first-order valence-corrected chi connectivity index (χ1v) is 6.47. The molecule has 0 bridgehead atoms. The molecular weight excluding hydrogens is 238 g/mol. The number of hydrogen-bond acceptors (Lipinski definition) is 5. The molecule has 0 amide bonds. The highest BCUT2D eigenvalue weighted by molar-refractivity contribution is 5.42. The van der Waals surface area contributed by atoms with E-state index in [-0.39, 0.29) is 0 Å². The highest BCUT2D eigenvalue weighted by atomic mass is 15.0. The van der Waals surface area contributed by atoms with Gasteiger partial charge in [0.15, 0.2) is 11.6 Å². The van der Waals surface area contributed by atoms with Crippen LogP contribution >= 0.6 is 0 Å². The molecular formula is C14H19N5. The van der Waals surface area contributed by atoms with Crippen molar-refractivity contribution in [1.29, 1.82) is 0 Å². The third kappa shape index (κ3) is 4.06. The smallest absolute Gasteiger partial charge is 0.197 e. The van der Waals surface area contributed by atoms with E-state index in [9.17, 15) is 0 Å². The summed E-state index contributed by atoms with van der Waals surface area (Å²) in [6.45, 7) is 8.02. The number of nitrogens with zero attached hydrogens (tertiary/aromatic N) is 4. The van der Waals surface area contributed by atoms with E-state index in [0.29, 0.717) is 17.6 Å². The molecule has 0 atom stereocenters. The Kier molecular flexibility index (Phi) is 4.52. The molecule has 2 aromatic rings. The number of nitrogens with one attached hydrogen (secondary N) is 1. The van der Waals surface area contributed by atoms with Gasteiger partial charge in [0, 0.05) is 25.1 Å². The Labute approximate surface area is 113 Å². The molecule has 0 fully saturated rings. The highest BCUT2D eigenvalue weighted by Gasteiger charge is 2.05. The lowest BCUT2D eigenvalue weighted by Crippen LogP contribution is -2.19. The maximum Gasteiger partial charge on any atom is 0.197 e. The first-order valence-electron chi connectivity index (χ1n) is 6.47. The maximum absolute atomic E-state index is 4.47. The molecule has 0 aromatic carbocycles. The molecule has 2 heterocycles. The Balaban J connectivity index is 2.08. The first-order chi connectivity index (χ1) is 9.15. The molecule has 0 spiro atoms. The van der Waals surface area contributed by atoms with Gasteiger partial charge in [0.2, 0.25) is 0 Å². The lowest BCUT2D eigenvalue weighted by atomic mass is 10.2. The summed E-state index contributed by atoms with van der Waals surface area (Å²) in [7, 11) is 0. The zero-order chi connectivity index (χ0) is 13.7. The summed E-state index contributed by atoms with van der Waals surface area (Å²) in [5.74, 6) is 1.77. The fourth-order valence-electron chi connectivity index (χ4n) is 1.60. The molecule has 19 heavy (non-hydrogen) atoms. The van der Waals surface area contributed by atoms with Crippen LogP contribution in [-0.4, -0.2) is 26.5 Å². The van der Waals surface area contributed by atoms with Crippen molar-refractivity contribution in [2.45, 2.75) is 27.3 Å². The van der Waals surface area contributed by atoms with Crippen LogP contribution < -0.4 is 5.32 Å². The van der Waals surface area contributed by atoms with Crippen LogP contribution in [0.3, 0.4) is 0 Å².